The lowest BCUT2D eigenvalue weighted by atomic mass is 9.87. The topological polar surface area (TPSA) is 37.3 Å². The Morgan fingerprint density at radius 2 is 1.10 bits per heavy atom. The number of carboxylic acid groups (broad SMARTS) is 1. The number of unbranched alkanes of at least 4 members (excludes halogenated alkanes) is 11. The Morgan fingerprint density at radius 1 is 0.750 bits per heavy atom. The number of aliphatic carboxylic acids is 1. The summed E-state index contributed by atoms with van der Waals surface area (Å²) >= 11 is 0. The summed E-state index contributed by atoms with van der Waals surface area (Å²) in [6, 6.07) is 0. The van der Waals surface area contributed by atoms with E-state index in [1.165, 1.54) is 70.6 Å². The molecule has 0 saturated carbocycles. The number of rotatable bonds is 14. The third kappa shape index (κ3) is 11.3. The summed E-state index contributed by atoms with van der Waals surface area (Å²) in [7, 11) is 0. The van der Waals surface area contributed by atoms with Crippen LogP contribution in [-0.2, 0) is 4.79 Å². The molecule has 2 nitrogen and oxygen atoms in total. The standard InChI is InChI=1S/C18H36O2/c1-4-5-6-7-8-9-10-11-12-13-14-15-16-18(2,3)17(19)20/h4-16H2,1-3H3,(H,19,20). The van der Waals surface area contributed by atoms with Gasteiger partial charge in [-0.05, 0) is 20.3 Å². The van der Waals surface area contributed by atoms with Crippen molar-refractivity contribution in [1.29, 1.82) is 0 Å². The monoisotopic (exact) mass is 284 g/mol. The van der Waals surface area contributed by atoms with Gasteiger partial charge in [-0.3, -0.25) is 4.79 Å². The SMILES string of the molecule is CCCCCCCCCCCCCCC(C)(C)C(=O)O. The first-order valence-corrected chi connectivity index (χ1v) is 8.74. The van der Waals surface area contributed by atoms with Gasteiger partial charge in [0.05, 0.1) is 5.41 Å². The van der Waals surface area contributed by atoms with E-state index in [0.29, 0.717) is 0 Å². The van der Waals surface area contributed by atoms with Gasteiger partial charge in [-0.25, -0.2) is 0 Å². The van der Waals surface area contributed by atoms with Crippen molar-refractivity contribution >= 4 is 5.97 Å². The first kappa shape index (κ1) is 19.5. The van der Waals surface area contributed by atoms with Crippen LogP contribution in [-0.4, -0.2) is 11.1 Å². The zero-order valence-corrected chi connectivity index (χ0v) is 14.0. The molecule has 0 aromatic heterocycles. The Labute approximate surface area is 126 Å². The van der Waals surface area contributed by atoms with E-state index in [0.717, 1.165) is 12.8 Å². The summed E-state index contributed by atoms with van der Waals surface area (Å²) in [5.74, 6) is -0.666. The summed E-state index contributed by atoms with van der Waals surface area (Å²) in [5.41, 5.74) is -0.543. The number of carboxylic acids is 1. The van der Waals surface area contributed by atoms with Crippen molar-refractivity contribution in [3.8, 4) is 0 Å². The first-order chi connectivity index (χ1) is 9.50. The maximum absolute atomic E-state index is 11.0. The van der Waals surface area contributed by atoms with Gasteiger partial charge in [-0.1, -0.05) is 84.0 Å². The fourth-order valence-electron chi connectivity index (χ4n) is 2.51. The van der Waals surface area contributed by atoms with Crippen molar-refractivity contribution in [2.75, 3.05) is 0 Å². The van der Waals surface area contributed by atoms with Crippen molar-refractivity contribution in [3.05, 3.63) is 0 Å². The molecule has 0 saturated heterocycles. The molecule has 0 unspecified atom stereocenters. The smallest absolute Gasteiger partial charge is 0.309 e. The Balaban J connectivity index is 3.19. The third-order valence-corrected chi connectivity index (χ3v) is 4.23. The molecule has 0 aliphatic carbocycles. The average Bonchev–Trinajstić information content (AvgIpc) is 2.39. The van der Waals surface area contributed by atoms with Gasteiger partial charge in [0.25, 0.3) is 0 Å². The molecule has 1 N–H and O–H groups in total. The van der Waals surface area contributed by atoms with Crippen LogP contribution in [0.1, 0.15) is 104 Å². The van der Waals surface area contributed by atoms with Crippen LogP contribution in [0.15, 0.2) is 0 Å². The van der Waals surface area contributed by atoms with Crippen molar-refractivity contribution in [3.63, 3.8) is 0 Å². The largest absolute Gasteiger partial charge is 0.481 e. The predicted molar refractivity (Wildman–Crippen MR) is 87.1 cm³/mol. The molecule has 0 fully saturated rings. The second-order valence-corrected chi connectivity index (χ2v) is 6.83. The summed E-state index contributed by atoms with van der Waals surface area (Å²) in [6.07, 6.45) is 16.7. The summed E-state index contributed by atoms with van der Waals surface area (Å²) in [5, 5.41) is 9.02. The zero-order chi connectivity index (χ0) is 15.3. The van der Waals surface area contributed by atoms with Crippen LogP contribution in [0.3, 0.4) is 0 Å². The Morgan fingerprint density at radius 3 is 1.45 bits per heavy atom. The van der Waals surface area contributed by atoms with Gasteiger partial charge >= 0.3 is 5.97 Å². The van der Waals surface area contributed by atoms with E-state index in [4.69, 9.17) is 5.11 Å². The van der Waals surface area contributed by atoms with E-state index in [1.54, 1.807) is 0 Å². The molecule has 20 heavy (non-hydrogen) atoms. The zero-order valence-electron chi connectivity index (χ0n) is 14.0. The van der Waals surface area contributed by atoms with Gasteiger partial charge in [0.1, 0.15) is 0 Å². The summed E-state index contributed by atoms with van der Waals surface area (Å²) < 4.78 is 0. The molecule has 0 aliphatic heterocycles. The second-order valence-electron chi connectivity index (χ2n) is 6.83. The first-order valence-electron chi connectivity index (χ1n) is 8.74. The normalized spacial score (nSPS) is 11.8. The Hall–Kier alpha value is -0.530. The van der Waals surface area contributed by atoms with Crippen LogP contribution in [0.4, 0.5) is 0 Å². The van der Waals surface area contributed by atoms with E-state index >= 15 is 0 Å². The minimum atomic E-state index is -0.666. The van der Waals surface area contributed by atoms with Gasteiger partial charge in [-0.2, -0.15) is 0 Å². The van der Waals surface area contributed by atoms with Gasteiger partial charge in [0.2, 0.25) is 0 Å². The fraction of sp³-hybridized carbons (Fsp3) is 0.944. The molecule has 0 bridgehead atoms. The Kier molecular flexibility index (Phi) is 11.9. The molecule has 0 rings (SSSR count). The van der Waals surface area contributed by atoms with Crippen molar-refractivity contribution in [2.45, 2.75) is 104 Å². The predicted octanol–water partition coefficient (Wildman–Crippen LogP) is 6.19. The summed E-state index contributed by atoms with van der Waals surface area (Å²) in [4.78, 5) is 11.0. The lowest BCUT2D eigenvalue weighted by Crippen LogP contribution is -2.23. The number of hydrogen-bond acceptors (Lipinski definition) is 1. The minimum Gasteiger partial charge on any atom is -0.481 e. The van der Waals surface area contributed by atoms with E-state index in [-0.39, 0.29) is 0 Å². The van der Waals surface area contributed by atoms with Crippen LogP contribution in [0.25, 0.3) is 0 Å². The second kappa shape index (κ2) is 12.2. The van der Waals surface area contributed by atoms with Gasteiger partial charge in [0, 0.05) is 0 Å². The molecule has 2 heteroatoms. The molecule has 0 amide bonds. The number of carbonyl (C=O) groups is 1. The van der Waals surface area contributed by atoms with Crippen LogP contribution < -0.4 is 0 Å². The minimum absolute atomic E-state index is 0.543. The van der Waals surface area contributed by atoms with E-state index < -0.39 is 11.4 Å². The lowest BCUT2D eigenvalue weighted by molar-refractivity contribution is -0.147. The maximum atomic E-state index is 11.0. The highest BCUT2D eigenvalue weighted by Crippen LogP contribution is 2.24. The molecule has 0 atom stereocenters. The highest BCUT2D eigenvalue weighted by molar-refractivity contribution is 5.73. The molecule has 0 aliphatic rings. The lowest BCUT2D eigenvalue weighted by Gasteiger charge is -2.18. The van der Waals surface area contributed by atoms with Crippen LogP contribution >= 0.6 is 0 Å². The highest BCUT2D eigenvalue weighted by atomic mass is 16.4. The molecular formula is C18H36O2. The third-order valence-electron chi connectivity index (χ3n) is 4.23. The fourth-order valence-corrected chi connectivity index (χ4v) is 2.51. The van der Waals surface area contributed by atoms with E-state index in [2.05, 4.69) is 6.92 Å². The molecule has 0 radical (unpaired) electrons. The molecular weight excluding hydrogens is 248 g/mol. The van der Waals surface area contributed by atoms with Crippen LogP contribution in [0.5, 0.6) is 0 Å². The number of hydrogen-bond donors (Lipinski definition) is 1. The van der Waals surface area contributed by atoms with E-state index in [1.807, 2.05) is 13.8 Å². The van der Waals surface area contributed by atoms with Crippen LogP contribution in [0.2, 0.25) is 0 Å². The molecule has 0 aromatic rings. The maximum Gasteiger partial charge on any atom is 0.309 e. The van der Waals surface area contributed by atoms with Crippen molar-refractivity contribution in [2.24, 2.45) is 5.41 Å². The van der Waals surface area contributed by atoms with Crippen LogP contribution in [0, 0.1) is 5.41 Å². The Bertz CT molecular complexity index is 234. The summed E-state index contributed by atoms with van der Waals surface area (Å²) in [6.45, 7) is 5.92. The van der Waals surface area contributed by atoms with Gasteiger partial charge < -0.3 is 5.11 Å². The van der Waals surface area contributed by atoms with Crippen molar-refractivity contribution < 1.29 is 9.90 Å². The average molecular weight is 284 g/mol. The quantitative estimate of drug-likeness (QED) is 0.386. The van der Waals surface area contributed by atoms with E-state index in [9.17, 15) is 4.79 Å². The highest BCUT2D eigenvalue weighted by Gasteiger charge is 2.25. The van der Waals surface area contributed by atoms with Crippen molar-refractivity contribution in [1.82, 2.24) is 0 Å². The molecule has 120 valence electrons. The van der Waals surface area contributed by atoms with Gasteiger partial charge in [-0.15, -0.1) is 0 Å². The molecule has 0 heterocycles. The molecule has 0 spiro atoms. The molecule has 0 aromatic carbocycles. The van der Waals surface area contributed by atoms with Gasteiger partial charge in [0.15, 0.2) is 0 Å².